The van der Waals surface area contributed by atoms with Crippen LogP contribution in [-0.4, -0.2) is 53.8 Å². The van der Waals surface area contributed by atoms with E-state index in [1.54, 1.807) is 0 Å². The normalized spacial score (nSPS) is 43.5. The molecule has 0 bridgehead atoms. The summed E-state index contributed by atoms with van der Waals surface area (Å²) in [5.41, 5.74) is 2.75. The molecular weight excluding hydrogens is 232 g/mol. The van der Waals surface area contributed by atoms with Crippen LogP contribution in [0.3, 0.4) is 0 Å². The molecule has 0 radical (unpaired) electrons. The number of rotatable bonds is 1. The van der Waals surface area contributed by atoms with Gasteiger partial charge in [0, 0.05) is 0 Å². The number of nitrogens with two attached hydrogens (primary N) is 1. The molecule has 9 nitrogen and oxygen atoms in total. The fraction of sp³-hybridized carbons (Fsp3) is 0.625. The Morgan fingerprint density at radius 3 is 2.71 bits per heavy atom. The lowest BCUT2D eigenvalue weighted by atomic mass is 10.1. The van der Waals surface area contributed by atoms with Gasteiger partial charge in [0.05, 0.1) is 0 Å². The summed E-state index contributed by atoms with van der Waals surface area (Å²) in [5, 5.41) is 28.9. The highest BCUT2D eigenvalue weighted by Crippen LogP contribution is 2.52. The third-order valence-electron chi connectivity index (χ3n) is 3.16. The molecule has 3 rings (SSSR count). The van der Waals surface area contributed by atoms with E-state index < -0.39 is 35.8 Å². The minimum absolute atomic E-state index is 0.192. The molecule has 17 heavy (non-hydrogen) atoms. The molecule has 0 amide bonds. The fourth-order valence-corrected chi connectivity index (χ4v) is 2.07. The Hall–Kier alpha value is -1.55. The van der Waals surface area contributed by atoms with Crippen LogP contribution in [-0.2, 0) is 4.74 Å². The van der Waals surface area contributed by atoms with E-state index in [0.29, 0.717) is 0 Å². The SMILES string of the molecule is Nc1ncn([C@@H]2O[C@@H]3C(O)[C@]3(O)[C@H]2O)c(=O)n1. The summed E-state index contributed by atoms with van der Waals surface area (Å²) in [6, 6.07) is 0. The predicted molar refractivity (Wildman–Crippen MR) is 51.6 cm³/mol. The number of anilines is 1. The van der Waals surface area contributed by atoms with Crippen LogP contribution < -0.4 is 11.4 Å². The lowest BCUT2D eigenvalue weighted by molar-refractivity contribution is -0.0977. The highest BCUT2D eigenvalue weighted by molar-refractivity contribution is 5.24. The molecule has 1 saturated carbocycles. The van der Waals surface area contributed by atoms with Crippen molar-refractivity contribution in [2.75, 3.05) is 5.73 Å². The first-order chi connectivity index (χ1) is 7.96. The Kier molecular flexibility index (Phi) is 1.88. The average Bonchev–Trinajstić information content (AvgIpc) is 2.66. The Balaban J connectivity index is 1.95. The quantitative estimate of drug-likeness (QED) is 0.398. The minimum Gasteiger partial charge on any atom is -0.387 e. The van der Waals surface area contributed by atoms with Crippen LogP contribution in [0.2, 0.25) is 0 Å². The predicted octanol–water partition coefficient (Wildman–Crippen LogP) is -3.42. The summed E-state index contributed by atoms with van der Waals surface area (Å²) in [4.78, 5) is 18.4. The number of aliphatic hydroxyl groups is 3. The molecular formula is C8H10N4O5. The van der Waals surface area contributed by atoms with E-state index in [2.05, 4.69) is 9.97 Å². The van der Waals surface area contributed by atoms with E-state index in [1.165, 1.54) is 0 Å². The van der Waals surface area contributed by atoms with Gasteiger partial charge in [0.15, 0.2) is 11.8 Å². The highest BCUT2D eigenvalue weighted by Gasteiger charge is 2.76. The third kappa shape index (κ3) is 1.19. The van der Waals surface area contributed by atoms with Gasteiger partial charge in [-0.3, -0.25) is 4.57 Å². The molecule has 1 unspecified atom stereocenters. The number of aromatic nitrogens is 3. The van der Waals surface area contributed by atoms with Crippen LogP contribution in [0.1, 0.15) is 6.23 Å². The number of hydrogen-bond donors (Lipinski definition) is 4. The topological polar surface area (TPSA) is 144 Å². The van der Waals surface area contributed by atoms with Crippen molar-refractivity contribution in [3.05, 3.63) is 16.8 Å². The molecule has 1 aliphatic carbocycles. The zero-order valence-electron chi connectivity index (χ0n) is 8.46. The van der Waals surface area contributed by atoms with Gasteiger partial charge in [0.25, 0.3) is 0 Å². The monoisotopic (exact) mass is 242 g/mol. The molecule has 92 valence electrons. The van der Waals surface area contributed by atoms with E-state index in [0.717, 1.165) is 10.9 Å². The van der Waals surface area contributed by atoms with Gasteiger partial charge in [-0.1, -0.05) is 0 Å². The first kappa shape index (κ1) is 10.6. The van der Waals surface area contributed by atoms with Crippen molar-refractivity contribution in [1.29, 1.82) is 0 Å². The van der Waals surface area contributed by atoms with Crippen molar-refractivity contribution in [1.82, 2.24) is 14.5 Å². The van der Waals surface area contributed by atoms with Crippen molar-refractivity contribution in [2.45, 2.75) is 30.1 Å². The number of hydrogen-bond acceptors (Lipinski definition) is 8. The van der Waals surface area contributed by atoms with Gasteiger partial charge in [-0.25, -0.2) is 9.78 Å². The number of ether oxygens (including phenoxy) is 1. The Labute approximate surface area is 94.1 Å². The zero-order chi connectivity index (χ0) is 12.4. The van der Waals surface area contributed by atoms with Gasteiger partial charge in [0.2, 0.25) is 5.95 Å². The first-order valence-corrected chi connectivity index (χ1v) is 4.91. The van der Waals surface area contributed by atoms with Crippen LogP contribution in [0.15, 0.2) is 11.1 Å². The van der Waals surface area contributed by atoms with Crippen molar-refractivity contribution in [3.8, 4) is 0 Å². The van der Waals surface area contributed by atoms with Gasteiger partial charge in [0.1, 0.15) is 24.6 Å². The fourth-order valence-electron chi connectivity index (χ4n) is 2.07. The van der Waals surface area contributed by atoms with E-state index in [4.69, 9.17) is 10.5 Å². The molecule has 2 fully saturated rings. The summed E-state index contributed by atoms with van der Waals surface area (Å²) >= 11 is 0. The summed E-state index contributed by atoms with van der Waals surface area (Å²) in [6.45, 7) is 0. The van der Waals surface area contributed by atoms with E-state index in [1.807, 2.05) is 0 Å². The standard InChI is InChI=1S/C8H10N4O5/c9-6-10-1-12(7(15)11-6)5-3(14)8(16)2(13)4(8)17-5/h1-5,13-14,16H,(H2,9,11,15)/t2?,3-,4+,5+,8-/m0/s1. The maximum absolute atomic E-state index is 11.5. The van der Waals surface area contributed by atoms with Crippen LogP contribution >= 0.6 is 0 Å². The molecule has 0 spiro atoms. The molecule has 1 aromatic heterocycles. The van der Waals surface area contributed by atoms with Crippen LogP contribution in [0.4, 0.5) is 5.95 Å². The highest BCUT2D eigenvalue weighted by atomic mass is 16.6. The summed E-state index contributed by atoms with van der Waals surface area (Å²) in [6.07, 6.45) is -3.51. The van der Waals surface area contributed by atoms with Crippen LogP contribution in [0, 0.1) is 0 Å². The van der Waals surface area contributed by atoms with Crippen molar-refractivity contribution in [2.24, 2.45) is 0 Å². The Morgan fingerprint density at radius 2 is 2.18 bits per heavy atom. The molecule has 0 aromatic carbocycles. The van der Waals surface area contributed by atoms with Gasteiger partial charge in [-0.2, -0.15) is 4.98 Å². The lowest BCUT2D eigenvalue weighted by Crippen LogP contribution is -2.41. The smallest absolute Gasteiger partial charge is 0.354 e. The van der Waals surface area contributed by atoms with Gasteiger partial charge >= 0.3 is 5.69 Å². The molecule has 5 atom stereocenters. The summed E-state index contributed by atoms with van der Waals surface area (Å²) in [5.74, 6) is -0.192. The van der Waals surface area contributed by atoms with Crippen molar-refractivity contribution in [3.63, 3.8) is 0 Å². The second-order valence-corrected chi connectivity index (χ2v) is 4.13. The summed E-state index contributed by atoms with van der Waals surface area (Å²) < 4.78 is 6.08. The molecule has 2 heterocycles. The Bertz CT molecular complexity index is 533. The molecule has 1 aliphatic heterocycles. The maximum atomic E-state index is 11.5. The number of aliphatic hydroxyl groups excluding tert-OH is 2. The van der Waals surface area contributed by atoms with Gasteiger partial charge < -0.3 is 25.8 Å². The van der Waals surface area contributed by atoms with Crippen molar-refractivity contribution >= 4 is 5.95 Å². The second-order valence-electron chi connectivity index (χ2n) is 4.13. The largest absolute Gasteiger partial charge is 0.387 e. The first-order valence-electron chi connectivity index (χ1n) is 4.91. The summed E-state index contributed by atoms with van der Waals surface area (Å²) in [7, 11) is 0. The maximum Gasteiger partial charge on any atom is 0.354 e. The second kappa shape index (κ2) is 3.01. The molecule has 5 N–H and O–H groups in total. The Morgan fingerprint density at radius 1 is 1.47 bits per heavy atom. The molecule has 9 heteroatoms. The zero-order valence-corrected chi connectivity index (χ0v) is 8.46. The van der Waals surface area contributed by atoms with E-state index >= 15 is 0 Å². The van der Waals surface area contributed by atoms with Gasteiger partial charge in [-0.15, -0.1) is 0 Å². The van der Waals surface area contributed by atoms with E-state index in [-0.39, 0.29) is 5.95 Å². The number of nitrogens with zero attached hydrogens (tertiary/aromatic N) is 3. The molecule has 1 saturated heterocycles. The average molecular weight is 242 g/mol. The van der Waals surface area contributed by atoms with Crippen molar-refractivity contribution < 1.29 is 20.1 Å². The van der Waals surface area contributed by atoms with Gasteiger partial charge in [-0.05, 0) is 0 Å². The van der Waals surface area contributed by atoms with Crippen LogP contribution in [0.25, 0.3) is 0 Å². The number of fused-ring (bicyclic) bond motifs is 1. The van der Waals surface area contributed by atoms with E-state index in [9.17, 15) is 20.1 Å². The number of nitrogen functional groups attached to an aromatic ring is 1. The molecule has 2 aliphatic rings. The molecule has 1 aromatic rings. The van der Waals surface area contributed by atoms with Crippen LogP contribution in [0.5, 0.6) is 0 Å². The minimum atomic E-state index is -1.72. The third-order valence-corrected chi connectivity index (χ3v) is 3.16. The lowest BCUT2D eigenvalue weighted by Gasteiger charge is -2.21.